The Labute approximate surface area is 83.9 Å². The van der Waals surface area contributed by atoms with Crippen LogP contribution in [0, 0.1) is 0 Å². The maximum Gasteiger partial charge on any atom is 0.119 e. The molecule has 70 valence electrons. The van der Waals surface area contributed by atoms with Crippen LogP contribution in [0.5, 0.6) is 5.75 Å². The highest BCUT2D eigenvalue weighted by Gasteiger charge is 1.93. The number of thiocarbonyl (C=S) groups is 1. The number of methoxy groups -OCH3 is 1. The third-order valence-electron chi connectivity index (χ3n) is 1.63. The molecule has 0 unspecified atom stereocenters. The van der Waals surface area contributed by atoms with Gasteiger partial charge in [0.25, 0.3) is 0 Å². The van der Waals surface area contributed by atoms with E-state index in [1.54, 1.807) is 7.11 Å². The van der Waals surface area contributed by atoms with Crippen LogP contribution in [-0.4, -0.2) is 18.5 Å². The van der Waals surface area contributed by atoms with Gasteiger partial charge in [-0.25, -0.2) is 0 Å². The van der Waals surface area contributed by atoms with Crippen LogP contribution in [0.1, 0.15) is 6.92 Å². The van der Waals surface area contributed by atoms with Crippen molar-refractivity contribution in [2.75, 3.05) is 19.0 Å². The zero-order chi connectivity index (χ0) is 9.68. The van der Waals surface area contributed by atoms with Crippen LogP contribution in [-0.2, 0) is 0 Å². The van der Waals surface area contributed by atoms with Gasteiger partial charge in [0.1, 0.15) is 5.75 Å². The number of ether oxygens (including phenoxy) is 1. The monoisotopic (exact) mass is 195 g/mol. The lowest BCUT2D eigenvalue weighted by Gasteiger charge is -2.05. The number of hydrogen-bond acceptors (Lipinski definition) is 3. The van der Waals surface area contributed by atoms with Crippen molar-refractivity contribution < 1.29 is 4.74 Å². The fourth-order valence-corrected chi connectivity index (χ4v) is 1.01. The first-order valence-electron chi connectivity index (χ1n) is 4.09. The van der Waals surface area contributed by atoms with E-state index in [0.29, 0.717) is 0 Å². The fraction of sp³-hybridized carbons (Fsp3) is 0.300. The molecule has 0 aliphatic rings. The highest BCUT2D eigenvalue weighted by atomic mass is 32.1. The van der Waals surface area contributed by atoms with Gasteiger partial charge in [-0.1, -0.05) is 12.2 Å². The fourth-order valence-electron chi connectivity index (χ4n) is 0.935. The van der Waals surface area contributed by atoms with Gasteiger partial charge in [-0.15, -0.1) is 0 Å². The predicted molar refractivity (Wildman–Crippen MR) is 59.8 cm³/mol. The summed E-state index contributed by atoms with van der Waals surface area (Å²) in [5.74, 6) is 0.865. The van der Waals surface area contributed by atoms with Crippen LogP contribution < -0.4 is 10.1 Å². The first-order valence-corrected chi connectivity index (χ1v) is 4.50. The Morgan fingerprint density at radius 1 is 1.38 bits per heavy atom. The molecule has 3 heteroatoms. The summed E-state index contributed by atoms with van der Waals surface area (Å²) in [6, 6.07) is 7.77. The van der Waals surface area contributed by atoms with Gasteiger partial charge in [-0.3, -0.25) is 0 Å². The van der Waals surface area contributed by atoms with E-state index in [9.17, 15) is 0 Å². The summed E-state index contributed by atoms with van der Waals surface area (Å²) < 4.78 is 5.04. The molecule has 1 aromatic carbocycles. The predicted octanol–water partition coefficient (Wildman–Crippen LogP) is 2.50. The van der Waals surface area contributed by atoms with Gasteiger partial charge in [-0.2, -0.15) is 0 Å². The maximum absolute atomic E-state index is 5.04. The summed E-state index contributed by atoms with van der Waals surface area (Å²) in [5, 5.41) is 3.20. The largest absolute Gasteiger partial charge is 0.497 e. The van der Waals surface area contributed by atoms with Crippen molar-refractivity contribution in [2.24, 2.45) is 0 Å². The molecule has 0 saturated carbocycles. The van der Waals surface area contributed by atoms with Gasteiger partial charge < -0.3 is 10.1 Å². The normalized spacial score (nSPS) is 9.38. The molecule has 0 aromatic heterocycles. The summed E-state index contributed by atoms with van der Waals surface area (Å²) in [6.45, 7) is 2.66. The molecular weight excluding hydrogens is 182 g/mol. The second kappa shape index (κ2) is 4.82. The molecule has 0 saturated heterocycles. The van der Waals surface area contributed by atoms with Gasteiger partial charge in [0, 0.05) is 17.1 Å². The molecule has 0 bridgehead atoms. The maximum atomic E-state index is 5.04. The summed E-state index contributed by atoms with van der Waals surface area (Å²) in [7, 11) is 1.66. The third-order valence-corrected chi connectivity index (χ3v) is 1.78. The molecule has 2 nitrogen and oxygen atoms in total. The van der Waals surface area contributed by atoms with E-state index >= 15 is 0 Å². The molecule has 0 fully saturated rings. The van der Waals surface area contributed by atoms with Crippen LogP contribution in [0.2, 0.25) is 0 Å². The van der Waals surface area contributed by atoms with Crippen molar-refractivity contribution in [1.29, 1.82) is 0 Å². The van der Waals surface area contributed by atoms with Gasteiger partial charge >= 0.3 is 0 Å². The van der Waals surface area contributed by atoms with Crippen molar-refractivity contribution in [3.8, 4) is 5.75 Å². The molecule has 1 aromatic rings. The highest BCUT2D eigenvalue weighted by Crippen LogP contribution is 2.14. The second-order valence-corrected chi connectivity index (χ2v) is 3.48. The minimum absolute atomic E-state index is 0.738. The average Bonchev–Trinajstić information content (AvgIpc) is 2.15. The summed E-state index contributed by atoms with van der Waals surface area (Å²) in [6.07, 6.45) is 0. The standard InChI is InChI=1S/C10H13NOS/c1-8(13)7-11-9-3-5-10(12-2)6-4-9/h3-6,11H,7H2,1-2H3. The SMILES string of the molecule is COc1ccc(NCC(C)=S)cc1. The Hall–Kier alpha value is -1.09. The minimum Gasteiger partial charge on any atom is -0.497 e. The quantitative estimate of drug-likeness (QED) is 0.746. The van der Waals surface area contributed by atoms with Crippen LogP contribution >= 0.6 is 12.2 Å². The molecule has 1 rings (SSSR count). The van der Waals surface area contributed by atoms with E-state index in [0.717, 1.165) is 22.8 Å². The first kappa shape index (κ1) is 9.99. The molecule has 0 spiro atoms. The number of rotatable bonds is 4. The summed E-state index contributed by atoms with van der Waals surface area (Å²) in [4.78, 5) is 0.954. The lowest BCUT2D eigenvalue weighted by Crippen LogP contribution is -2.07. The second-order valence-electron chi connectivity index (χ2n) is 2.78. The first-order chi connectivity index (χ1) is 6.22. The molecule has 0 atom stereocenters. The van der Waals surface area contributed by atoms with Gasteiger partial charge in [0.05, 0.1) is 7.11 Å². The van der Waals surface area contributed by atoms with Crippen LogP contribution in [0.15, 0.2) is 24.3 Å². The van der Waals surface area contributed by atoms with Gasteiger partial charge in [0.2, 0.25) is 0 Å². The molecule has 0 amide bonds. The Bertz CT molecular complexity index is 281. The van der Waals surface area contributed by atoms with Crippen molar-refractivity contribution >= 4 is 22.8 Å². The Morgan fingerprint density at radius 2 is 2.00 bits per heavy atom. The molecule has 0 heterocycles. The lowest BCUT2D eigenvalue weighted by atomic mass is 10.3. The lowest BCUT2D eigenvalue weighted by molar-refractivity contribution is 0.415. The molecule has 0 radical (unpaired) electrons. The van der Waals surface area contributed by atoms with E-state index in [1.165, 1.54) is 0 Å². The van der Waals surface area contributed by atoms with E-state index in [1.807, 2.05) is 31.2 Å². The third kappa shape index (κ3) is 3.42. The van der Waals surface area contributed by atoms with E-state index in [2.05, 4.69) is 5.32 Å². The molecule has 0 aliphatic carbocycles. The Balaban J connectivity index is 2.54. The number of nitrogens with one attached hydrogen (secondary N) is 1. The molecular formula is C10H13NOS. The van der Waals surface area contributed by atoms with Crippen LogP contribution in [0.4, 0.5) is 5.69 Å². The topological polar surface area (TPSA) is 21.3 Å². The van der Waals surface area contributed by atoms with E-state index in [4.69, 9.17) is 17.0 Å². The summed E-state index contributed by atoms with van der Waals surface area (Å²) in [5.41, 5.74) is 1.06. The summed E-state index contributed by atoms with van der Waals surface area (Å²) >= 11 is 4.96. The van der Waals surface area contributed by atoms with E-state index < -0.39 is 0 Å². The average molecular weight is 195 g/mol. The van der Waals surface area contributed by atoms with Crippen molar-refractivity contribution in [2.45, 2.75) is 6.92 Å². The molecule has 0 aliphatic heterocycles. The van der Waals surface area contributed by atoms with Crippen molar-refractivity contribution in [3.63, 3.8) is 0 Å². The van der Waals surface area contributed by atoms with Crippen LogP contribution in [0.25, 0.3) is 0 Å². The van der Waals surface area contributed by atoms with Crippen LogP contribution in [0.3, 0.4) is 0 Å². The molecule has 1 N–H and O–H groups in total. The molecule has 13 heavy (non-hydrogen) atoms. The zero-order valence-corrected chi connectivity index (χ0v) is 8.65. The van der Waals surface area contributed by atoms with Crippen molar-refractivity contribution in [3.05, 3.63) is 24.3 Å². The highest BCUT2D eigenvalue weighted by molar-refractivity contribution is 7.80. The Morgan fingerprint density at radius 3 is 2.46 bits per heavy atom. The number of hydrogen-bond donors (Lipinski definition) is 1. The zero-order valence-electron chi connectivity index (χ0n) is 7.83. The minimum atomic E-state index is 0.738. The van der Waals surface area contributed by atoms with Gasteiger partial charge in [-0.05, 0) is 31.2 Å². The van der Waals surface area contributed by atoms with Gasteiger partial charge in [0.15, 0.2) is 0 Å². The number of benzene rings is 1. The smallest absolute Gasteiger partial charge is 0.119 e. The van der Waals surface area contributed by atoms with Crippen molar-refractivity contribution in [1.82, 2.24) is 0 Å². The van der Waals surface area contributed by atoms with E-state index in [-0.39, 0.29) is 0 Å². The Kier molecular flexibility index (Phi) is 3.71. The number of anilines is 1.